The summed E-state index contributed by atoms with van der Waals surface area (Å²) in [5.41, 5.74) is -0.964. The molecule has 0 aliphatic carbocycles. The highest BCUT2D eigenvalue weighted by atomic mass is 19.4. The average molecular weight is 286 g/mol. The van der Waals surface area contributed by atoms with Crippen molar-refractivity contribution in [3.05, 3.63) is 41.6 Å². The molecule has 0 saturated carbocycles. The number of anilines is 1. The number of hydrogen-bond donors (Lipinski definition) is 2. The standard InChI is InChI=1S/C12H9F3N2O3/c13-12(14,15)7-2-1-3-8(6-7)16-11(19)17-9-4-5-20-10(9)18/h1-4,6H,5H2,(H2,16,17,19). The fourth-order valence-electron chi connectivity index (χ4n) is 1.52. The lowest BCUT2D eigenvalue weighted by molar-refractivity contribution is -0.137. The van der Waals surface area contributed by atoms with Crippen LogP contribution in [0.1, 0.15) is 5.56 Å². The van der Waals surface area contributed by atoms with Crippen molar-refractivity contribution in [2.24, 2.45) is 0 Å². The third-order valence-corrected chi connectivity index (χ3v) is 2.42. The smallest absolute Gasteiger partial charge is 0.416 e. The number of carbonyl (C=O) groups is 2. The van der Waals surface area contributed by atoms with E-state index in [1.807, 2.05) is 0 Å². The van der Waals surface area contributed by atoms with Gasteiger partial charge in [0.25, 0.3) is 0 Å². The van der Waals surface area contributed by atoms with Gasteiger partial charge in [0.2, 0.25) is 0 Å². The molecular weight excluding hydrogens is 277 g/mol. The molecule has 0 atom stereocenters. The maximum Gasteiger partial charge on any atom is 0.416 e. The van der Waals surface area contributed by atoms with Gasteiger partial charge in [-0.1, -0.05) is 6.07 Å². The average Bonchev–Trinajstić information content (AvgIpc) is 2.74. The van der Waals surface area contributed by atoms with Crippen molar-refractivity contribution in [2.75, 3.05) is 11.9 Å². The first-order valence-corrected chi connectivity index (χ1v) is 5.49. The predicted octanol–water partition coefficient (Wildman–Crippen LogP) is 2.27. The van der Waals surface area contributed by atoms with Crippen LogP contribution < -0.4 is 10.6 Å². The SMILES string of the molecule is O=C(NC1=CCOC1=O)Nc1cccc(C(F)(F)F)c1. The number of cyclic esters (lactones) is 1. The first-order chi connectivity index (χ1) is 9.36. The summed E-state index contributed by atoms with van der Waals surface area (Å²) in [6, 6.07) is 3.33. The highest BCUT2D eigenvalue weighted by Crippen LogP contribution is 2.30. The highest BCUT2D eigenvalue weighted by Gasteiger charge is 2.30. The van der Waals surface area contributed by atoms with E-state index in [0.717, 1.165) is 12.1 Å². The Kier molecular flexibility index (Phi) is 3.64. The van der Waals surface area contributed by atoms with E-state index in [1.54, 1.807) is 0 Å². The van der Waals surface area contributed by atoms with Crippen molar-refractivity contribution >= 4 is 17.7 Å². The molecule has 0 bridgehead atoms. The number of alkyl halides is 3. The maximum absolute atomic E-state index is 12.5. The van der Waals surface area contributed by atoms with Crippen LogP contribution >= 0.6 is 0 Å². The van der Waals surface area contributed by atoms with E-state index in [9.17, 15) is 22.8 Å². The van der Waals surface area contributed by atoms with Crippen LogP contribution in [0.5, 0.6) is 0 Å². The zero-order valence-electron chi connectivity index (χ0n) is 9.95. The molecule has 2 rings (SSSR count). The molecule has 1 aliphatic heterocycles. The molecule has 1 aromatic rings. The Hall–Kier alpha value is -2.51. The molecule has 0 fully saturated rings. The first-order valence-electron chi connectivity index (χ1n) is 5.49. The van der Waals surface area contributed by atoms with E-state index in [4.69, 9.17) is 0 Å². The van der Waals surface area contributed by atoms with Crippen molar-refractivity contribution in [1.82, 2.24) is 5.32 Å². The fourth-order valence-corrected chi connectivity index (χ4v) is 1.52. The molecule has 5 nitrogen and oxygen atoms in total. The second-order valence-corrected chi connectivity index (χ2v) is 3.87. The monoisotopic (exact) mass is 286 g/mol. The van der Waals surface area contributed by atoms with Crippen molar-refractivity contribution in [1.29, 1.82) is 0 Å². The summed E-state index contributed by atoms with van der Waals surface area (Å²) in [6.45, 7) is 0.0536. The Morgan fingerprint density at radius 1 is 1.25 bits per heavy atom. The number of ether oxygens (including phenoxy) is 1. The van der Waals surface area contributed by atoms with Crippen molar-refractivity contribution in [3.63, 3.8) is 0 Å². The first kappa shape index (κ1) is 13.9. The van der Waals surface area contributed by atoms with Crippen LogP contribution in [0.2, 0.25) is 0 Å². The number of hydrogen-bond acceptors (Lipinski definition) is 3. The molecule has 0 spiro atoms. The van der Waals surface area contributed by atoms with Gasteiger partial charge in [0, 0.05) is 5.69 Å². The molecular formula is C12H9F3N2O3. The minimum atomic E-state index is -4.49. The van der Waals surface area contributed by atoms with E-state index in [-0.39, 0.29) is 18.0 Å². The second-order valence-electron chi connectivity index (χ2n) is 3.87. The quantitative estimate of drug-likeness (QED) is 0.819. The Labute approximate surface area is 111 Å². The van der Waals surface area contributed by atoms with Crippen molar-refractivity contribution in [2.45, 2.75) is 6.18 Å². The molecule has 1 aromatic carbocycles. The molecule has 0 saturated heterocycles. The Morgan fingerprint density at radius 2 is 2.00 bits per heavy atom. The number of esters is 1. The second kappa shape index (κ2) is 5.24. The van der Waals surface area contributed by atoms with Gasteiger partial charge in [0.15, 0.2) is 0 Å². The zero-order valence-corrected chi connectivity index (χ0v) is 9.95. The van der Waals surface area contributed by atoms with E-state index >= 15 is 0 Å². The number of amides is 2. The molecule has 0 aromatic heterocycles. The van der Waals surface area contributed by atoms with Crippen LogP contribution in [-0.4, -0.2) is 18.6 Å². The van der Waals surface area contributed by atoms with Crippen LogP contribution in [0.25, 0.3) is 0 Å². The number of carbonyl (C=O) groups excluding carboxylic acids is 2. The third-order valence-electron chi connectivity index (χ3n) is 2.42. The lowest BCUT2D eigenvalue weighted by atomic mass is 10.2. The molecule has 0 unspecified atom stereocenters. The number of rotatable bonds is 2. The van der Waals surface area contributed by atoms with Gasteiger partial charge >= 0.3 is 18.2 Å². The largest absolute Gasteiger partial charge is 0.457 e. The van der Waals surface area contributed by atoms with Gasteiger partial charge in [0.1, 0.15) is 12.3 Å². The lowest BCUT2D eigenvalue weighted by Crippen LogP contribution is -2.30. The molecule has 1 aliphatic rings. The molecule has 0 radical (unpaired) electrons. The van der Waals surface area contributed by atoms with Gasteiger partial charge in [-0.3, -0.25) is 0 Å². The van der Waals surface area contributed by atoms with E-state index in [2.05, 4.69) is 15.4 Å². The topological polar surface area (TPSA) is 67.4 Å². The Bertz CT molecular complexity index is 582. The van der Waals surface area contributed by atoms with Crippen LogP contribution in [-0.2, 0) is 15.7 Å². The molecule has 1 heterocycles. The van der Waals surface area contributed by atoms with E-state index < -0.39 is 23.7 Å². The van der Waals surface area contributed by atoms with Gasteiger partial charge in [-0.25, -0.2) is 9.59 Å². The summed E-state index contributed by atoms with van der Waals surface area (Å²) in [5, 5.41) is 4.39. The van der Waals surface area contributed by atoms with Crippen molar-refractivity contribution in [3.8, 4) is 0 Å². The minimum Gasteiger partial charge on any atom is -0.457 e. The number of urea groups is 1. The third kappa shape index (κ3) is 3.28. The van der Waals surface area contributed by atoms with Gasteiger partial charge in [0.05, 0.1) is 5.56 Å². The van der Waals surface area contributed by atoms with Gasteiger partial charge in [-0.15, -0.1) is 0 Å². The molecule has 2 N–H and O–H groups in total. The summed E-state index contributed by atoms with van der Waals surface area (Å²) in [6.07, 6.45) is -3.14. The molecule has 2 amide bonds. The van der Waals surface area contributed by atoms with Gasteiger partial charge in [-0.05, 0) is 24.3 Å². The molecule has 20 heavy (non-hydrogen) atoms. The molecule has 106 valence electrons. The van der Waals surface area contributed by atoms with Gasteiger partial charge in [-0.2, -0.15) is 13.2 Å². The normalized spacial score (nSPS) is 14.6. The zero-order chi connectivity index (χ0) is 14.8. The summed E-state index contributed by atoms with van der Waals surface area (Å²) in [5.74, 6) is -0.691. The van der Waals surface area contributed by atoms with E-state index in [1.165, 1.54) is 18.2 Å². The number of halogens is 3. The van der Waals surface area contributed by atoms with Crippen LogP contribution in [0.4, 0.5) is 23.7 Å². The maximum atomic E-state index is 12.5. The minimum absolute atomic E-state index is 0.0377. The van der Waals surface area contributed by atoms with Crippen molar-refractivity contribution < 1.29 is 27.5 Å². The number of benzene rings is 1. The Morgan fingerprint density at radius 3 is 2.60 bits per heavy atom. The Balaban J connectivity index is 2.03. The summed E-state index contributed by atoms with van der Waals surface area (Å²) >= 11 is 0. The predicted molar refractivity (Wildman–Crippen MR) is 62.6 cm³/mol. The summed E-state index contributed by atoms with van der Waals surface area (Å²) < 4.78 is 42.0. The highest BCUT2D eigenvalue weighted by molar-refractivity contribution is 5.99. The summed E-state index contributed by atoms with van der Waals surface area (Å²) in [4.78, 5) is 22.6. The molecule has 8 heteroatoms. The van der Waals surface area contributed by atoms with Crippen LogP contribution in [0.3, 0.4) is 0 Å². The van der Waals surface area contributed by atoms with Crippen LogP contribution in [0.15, 0.2) is 36.0 Å². The number of nitrogens with one attached hydrogen (secondary N) is 2. The fraction of sp³-hybridized carbons (Fsp3) is 0.167. The lowest BCUT2D eigenvalue weighted by Gasteiger charge is -2.10. The van der Waals surface area contributed by atoms with E-state index in [0.29, 0.717) is 0 Å². The summed E-state index contributed by atoms with van der Waals surface area (Å²) in [7, 11) is 0. The van der Waals surface area contributed by atoms with Gasteiger partial charge < -0.3 is 15.4 Å². The van der Waals surface area contributed by atoms with Crippen LogP contribution in [0, 0.1) is 0 Å².